The van der Waals surface area contributed by atoms with Crippen LogP contribution in [0.25, 0.3) is 0 Å². The van der Waals surface area contributed by atoms with Crippen LogP contribution < -0.4 is 5.32 Å². The minimum atomic E-state index is 0. The first kappa shape index (κ1) is 15.8. The van der Waals surface area contributed by atoms with Gasteiger partial charge < -0.3 is 10.2 Å². The summed E-state index contributed by atoms with van der Waals surface area (Å²) in [7, 11) is 0. The predicted octanol–water partition coefficient (Wildman–Crippen LogP) is 2.91. The number of halogens is 1. The zero-order chi connectivity index (χ0) is 13.3. The average molecular weight is 315 g/mol. The van der Waals surface area contributed by atoms with Gasteiger partial charge in [-0.1, -0.05) is 6.07 Å². The summed E-state index contributed by atoms with van der Waals surface area (Å²) in [4.78, 5) is 16.0. The summed E-state index contributed by atoms with van der Waals surface area (Å²) < 4.78 is 0. The number of nitrogens with one attached hydrogen (secondary N) is 1. The topological polar surface area (TPSA) is 32.3 Å². The van der Waals surface area contributed by atoms with Crippen molar-refractivity contribution in [3.05, 3.63) is 22.4 Å². The van der Waals surface area contributed by atoms with Crippen LogP contribution in [0.3, 0.4) is 0 Å². The minimum absolute atomic E-state index is 0. The van der Waals surface area contributed by atoms with Crippen LogP contribution in [0.15, 0.2) is 17.5 Å². The van der Waals surface area contributed by atoms with Crippen LogP contribution >= 0.6 is 23.7 Å². The highest BCUT2D eigenvalue weighted by Crippen LogP contribution is 2.59. The Morgan fingerprint density at radius 2 is 2.25 bits per heavy atom. The van der Waals surface area contributed by atoms with Gasteiger partial charge in [0.1, 0.15) is 0 Å². The van der Waals surface area contributed by atoms with Crippen molar-refractivity contribution in [1.29, 1.82) is 0 Å². The summed E-state index contributed by atoms with van der Waals surface area (Å²) in [5.41, 5.74) is 0.352. The van der Waals surface area contributed by atoms with Crippen molar-refractivity contribution in [2.45, 2.75) is 32.7 Å². The van der Waals surface area contributed by atoms with Crippen LogP contribution in [-0.2, 0) is 11.3 Å². The second kappa shape index (κ2) is 6.46. The fourth-order valence-corrected chi connectivity index (χ4v) is 4.05. The van der Waals surface area contributed by atoms with Gasteiger partial charge in [0.25, 0.3) is 0 Å². The largest absolute Gasteiger partial charge is 0.338 e. The number of amides is 1. The summed E-state index contributed by atoms with van der Waals surface area (Å²) >= 11 is 1.74. The van der Waals surface area contributed by atoms with Gasteiger partial charge in [-0.2, -0.15) is 0 Å². The van der Waals surface area contributed by atoms with Crippen molar-refractivity contribution in [2.75, 3.05) is 19.6 Å². The molecule has 1 amide bonds. The number of carbonyl (C=O) groups is 1. The summed E-state index contributed by atoms with van der Waals surface area (Å²) in [6, 6.07) is 4.18. The van der Waals surface area contributed by atoms with Gasteiger partial charge in [0.05, 0.1) is 6.54 Å². The Bertz CT molecular complexity index is 443. The number of hydrogen-bond donors (Lipinski definition) is 1. The molecule has 2 heterocycles. The number of thiophene rings is 1. The Hall–Kier alpha value is -0.580. The second-order valence-corrected chi connectivity index (χ2v) is 6.83. The molecule has 0 aromatic carbocycles. The van der Waals surface area contributed by atoms with Gasteiger partial charge in [-0.05, 0) is 56.1 Å². The Balaban J connectivity index is 0.00000147. The summed E-state index contributed by atoms with van der Waals surface area (Å²) in [5, 5.41) is 5.48. The monoisotopic (exact) mass is 314 g/mol. The molecule has 1 aromatic rings. The smallest absolute Gasteiger partial charge is 0.226 e. The van der Waals surface area contributed by atoms with E-state index in [0.717, 1.165) is 32.6 Å². The molecule has 1 aliphatic heterocycles. The third-order valence-corrected chi connectivity index (χ3v) is 5.57. The number of rotatable bonds is 4. The zero-order valence-electron chi connectivity index (χ0n) is 11.9. The molecule has 2 fully saturated rings. The Labute approximate surface area is 131 Å². The summed E-state index contributed by atoms with van der Waals surface area (Å²) in [6.07, 6.45) is 3.48. The molecule has 0 bridgehead atoms. The van der Waals surface area contributed by atoms with E-state index in [1.54, 1.807) is 11.3 Å². The molecule has 20 heavy (non-hydrogen) atoms. The fourth-order valence-electron chi connectivity index (χ4n) is 3.33. The van der Waals surface area contributed by atoms with E-state index in [4.69, 9.17) is 0 Å². The standard InChI is InChI=1S/C15H22N2OS.ClH/c1-2-17(11-12-4-3-9-19-12)14(18)13-10-15(13)5-7-16-8-6-15;/h3-4,9,13,16H,2,5-8,10-11H2,1H3;1H. The maximum Gasteiger partial charge on any atom is 0.226 e. The van der Waals surface area contributed by atoms with Crippen LogP contribution in [0, 0.1) is 11.3 Å². The van der Waals surface area contributed by atoms with E-state index in [1.165, 1.54) is 17.7 Å². The highest BCUT2D eigenvalue weighted by atomic mass is 35.5. The van der Waals surface area contributed by atoms with E-state index in [2.05, 4.69) is 29.8 Å². The van der Waals surface area contributed by atoms with Gasteiger partial charge in [0, 0.05) is 17.3 Å². The van der Waals surface area contributed by atoms with Crippen molar-refractivity contribution in [2.24, 2.45) is 11.3 Å². The molecule has 2 aliphatic rings. The quantitative estimate of drug-likeness (QED) is 0.927. The third-order valence-electron chi connectivity index (χ3n) is 4.71. The normalized spacial score (nSPS) is 23.1. The maximum absolute atomic E-state index is 12.6. The molecule has 112 valence electrons. The molecule has 5 heteroatoms. The number of piperidine rings is 1. The van der Waals surface area contributed by atoms with Crippen molar-refractivity contribution in [1.82, 2.24) is 10.2 Å². The van der Waals surface area contributed by atoms with Gasteiger partial charge in [-0.15, -0.1) is 23.7 Å². The summed E-state index contributed by atoms with van der Waals surface area (Å²) in [5.74, 6) is 0.687. The molecule has 1 atom stereocenters. The van der Waals surface area contributed by atoms with Crippen molar-refractivity contribution in [3.8, 4) is 0 Å². The molecule has 1 saturated carbocycles. The maximum atomic E-state index is 12.6. The first-order chi connectivity index (χ1) is 9.25. The lowest BCUT2D eigenvalue weighted by Crippen LogP contribution is -2.36. The molecule has 1 aliphatic carbocycles. The molecular formula is C15H23ClN2OS. The van der Waals surface area contributed by atoms with Crippen molar-refractivity contribution >= 4 is 29.7 Å². The van der Waals surface area contributed by atoms with Crippen LogP contribution in [-0.4, -0.2) is 30.4 Å². The van der Waals surface area contributed by atoms with E-state index >= 15 is 0 Å². The zero-order valence-corrected chi connectivity index (χ0v) is 13.6. The molecule has 1 saturated heterocycles. The van der Waals surface area contributed by atoms with Gasteiger partial charge in [-0.25, -0.2) is 0 Å². The Morgan fingerprint density at radius 1 is 1.50 bits per heavy atom. The van der Waals surface area contributed by atoms with E-state index in [0.29, 0.717) is 17.2 Å². The third kappa shape index (κ3) is 3.02. The average Bonchev–Trinajstić information content (AvgIpc) is 2.89. The first-order valence-corrected chi connectivity index (χ1v) is 8.15. The molecular weight excluding hydrogens is 292 g/mol. The highest BCUT2D eigenvalue weighted by Gasteiger charge is 2.58. The summed E-state index contributed by atoms with van der Waals surface area (Å²) in [6.45, 7) is 5.87. The Kier molecular flexibility index (Phi) is 5.10. The van der Waals surface area contributed by atoms with E-state index in [-0.39, 0.29) is 12.4 Å². The second-order valence-electron chi connectivity index (χ2n) is 5.80. The van der Waals surface area contributed by atoms with Gasteiger partial charge >= 0.3 is 0 Å². The molecule has 1 unspecified atom stereocenters. The molecule has 1 N–H and O–H groups in total. The van der Waals surface area contributed by atoms with E-state index in [1.807, 2.05) is 4.90 Å². The van der Waals surface area contributed by atoms with Gasteiger partial charge in [0.2, 0.25) is 5.91 Å². The van der Waals surface area contributed by atoms with Gasteiger partial charge in [-0.3, -0.25) is 4.79 Å². The number of hydrogen-bond acceptors (Lipinski definition) is 3. The predicted molar refractivity (Wildman–Crippen MR) is 85.3 cm³/mol. The lowest BCUT2D eigenvalue weighted by molar-refractivity contribution is -0.134. The fraction of sp³-hybridized carbons (Fsp3) is 0.667. The highest BCUT2D eigenvalue weighted by molar-refractivity contribution is 7.09. The lowest BCUT2D eigenvalue weighted by Gasteiger charge is -2.26. The molecule has 3 rings (SSSR count). The van der Waals surface area contributed by atoms with Crippen molar-refractivity contribution in [3.63, 3.8) is 0 Å². The number of carbonyl (C=O) groups excluding carboxylic acids is 1. The molecule has 1 spiro atoms. The number of nitrogens with zero attached hydrogens (tertiary/aromatic N) is 1. The first-order valence-electron chi connectivity index (χ1n) is 7.27. The van der Waals surface area contributed by atoms with Gasteiger partial charge in [0.15, 0.2) is 0 Å². The van der Waals surface area contributed by atoms with Crippen LogP contribution in [0.5, 0.6) is 0 Å². The van der Waals surface area contributed by atoms with Crippen LogP contribution in [0.1, 0.15) is 31.1 Å². The van der Waals surface area contributed by atoms with Crippen LogP contribution in [0.2, 0.25) is 0 Å². The molecule has 3 nitrogen and oxygen atoms in total. The van der Waals surface area contributed by atoms with Crippen molar-refractivity contribution < 1.29 is 4.79 Å². The molecule has 1 aromatic heterocycles. The van der Waals surface area contributed by atoms with Crippen LogP contribution in [0.4, 0.5) is 0 Å². The molecule has 0 radical (unpaired) electrons. The Morgan fingerprint density at radius 3 is 2.85 bits per heavy atom. The van der Waals surface area contributed by atoms with E-state index < -0.39 is 0 Å². The minimum Gasteiger partial charge on any atom is -0.338 e. The SMILES string of the molecule is CCN(Cc1cccs1)C(=O)C1CC12CCNCC2.Cl. The lowest BCUT2D eigenvalue weighted by atomic mass is 9.91. The van der Waals surface area contributed by atoms with E-state index in [9.17, 15) is 4.79 Å².